The molecule has 1 aliphatic rings. The lowest BCUT2D eigenvalue weighted by Gasteiger charge is -2.29. The Labute approximate surface area is 150 Å². The SMILES string of the molecule is CC1CNCCC1NS(=O)(=O)c1ccc(-c2ccccc2)cc1.Cl. The molecular formula is C18H23ClN2O2S. The molecule has 2 atom stereocenters. The van der Waals surface area contributed by atoms with Gasteiger partial charge in [-0.1, -0.05) is 49.4 Å². The molecule has 1 heterocycles. The summed E-state index contributed by atoms with van der Waals surface area (Å²) in [5, 5.41) is 3.28. The van der Waals surface area contributed by atoms with E-state index in [-0.39, 0.29) is 18.4 Å². The monoisotopic (exact) mass is 366 g/mol. The Balaban J connectivity index is 0.00000208. The van der Waals surface area contributed by atoms with Gasteiger partial charge in [-0.25, -0.2) is 13.1 Å². The van der Waals surface area contributed by atoms with Crippen LogP contribution in [-0.4, -0.2) is 27.5 Å². The highest BCUT2D eigenvalue weighted by Crippen LogP contribution is 2.22. The summed E-state index contributed by atoms with van der Waals surface area (Å²) in [4.78, 5) is 0.322. The molecular weight excluding hydrogens is 344 g/mol. The molecule has 0 radical (unpaired) electrons. The first-order valence-electron chi connectivity index (χ1n) is 7.95. The fourth-order valence-electron chi connectivity index (χ4n) is 2.91. The molecule has 0 bridgehead atoms. The minimum atomic E-state index is -3.47. The minimum absolute atomic E-state index is 0. The van der Waals surface area contributed by atoms with Gasteiger partial charge >= 0.3 is 0 Å². The van der Waals surface area contributed by atoms with Crippen LogP contribution in [0.25, 0.3) is 11.1 Å². The summed E-state index contributed by atoms with van der Waals surface area (Å²) < 4.78 is 28.0. The van der Waals surface area contributed by atoms with Gasteiger partial charge in [0.05, 0.1) is 4.90 Å². The average molecular weight is 367 g/mol. The zero-order chi connectivity index (χ0) is 16.3. The van der Waals surface area contributed by atoms with Crippen LogP contribution >= 0.6 is 12.4 Å². The molecule has 2 aromatic rings. The van der Waals surface area contributed by atoms with Crippen LogP contribution < -0.4 is 10.0 Å². The van der Waals surface area contributed by atoms with Gasteiger partial charge in [0, 0.05) is 6.04 Å². The molecule has 0 spiro atoms. The van der Waals surface area contributed by atoms with Crippen LogP contribution in [-0.2, 0) is 10.0 Å². The van der Waals surface area contributed by atoms with Crippen molar-refractivity contribution in [3.8, 4) is 11.1 Å². The largest absolute Gasteiger partial charge is 0.316 e. The predicted molar refractivity (Wildman–Crippen MR) is 99.9 cm³/mol. The third-order valence-corrected chi connectivity index (χ3v) is 5.87. The molecule has 2 unspecified atom stereocenters. The smallest absolute Gasteiger partial charge is 0.240 e. The number of rotatable bonds is 4. The van der Waals surface area contributed by atoms with Crippen molar-refractivity contribution in [1.82, 2.24) is 10.0 Å². The van der Waals surface area contributed by atoms with Crippen molar-refractivity contribution >= 4 is 22.4 Å². The lowest BCUT2D eigenvalue weighted by molar-refractivity contribution is 0.328. The maximum atomic E-state index is 12.6. The summed E-state index contributed by atoms with van der Waals surface area (Å²) in [5.41, 5.74) is 2.09. The van der Waals surface area contributed by atoms with Crippen molar-refractivity contribution in [3.05, 3.63) is 54.6 Å². The Hall–Kier alpha value is -1.40. The van der Waals surface area contributed by atoms with Crippen LogP contribution in [0.2, 0.25) is 0 Å². The van der Waals surface area contributed by atoms with Gasteiger partial charge in [-0.05, 0) is 48.7 Å². The third-order valence-electron chi connectivity index (χ3n) is 4.36. The summed E-state index contributed by atoms with van der Waals surface area (Å²) in [5.74, 6) is 0.294. The van der Waals surface area contributed by atoms with E-state index in [1.807, 2.05) is 42.5 Å². The van der Waals surface area contributed by atoms with Crippen molar-refractivity contribution in [2.45, 2.75) is 24.3 Å². The molecule has 1 aliphatic heterocycles. The van der Waals surface area contributed by atoms with Gasteiger partial charge < -0.3 is 5.32 Å². The van der Waals surface area contributed by atoms with Crippen molar-refractivity contribution < 1.29 is 8.42 Å². The van der Waals surface area contributed by atoms with Crippen molar-refractivity contribution in [1.29, 1.82) is 0 Å². The number of halogens is 1. The first-order chi connectivity index (χ1) is 11.1. The van der Waals surface area contributed by atoms with E-state index < -0.39 is 10.0 Å². The number of nitrogens with one attached hydrogen (secondary N) is 2. The van der Waals surface area contributed by atoms with E-state index in [4.69, 9.17) is 0 Å². The molecule has 130 valence electrons. The maximum absolute atomic E-state index is 12.6. The van der Waals surface area contributed by atoms with Gasteiger partial charge in [-0.15, -0.1) is 12.4 Å². The minimum Gasteiger partial charge on any atom is -0.316 e. The van der Waals surface area contributed by atoms with Gasteiger partial charge in [0.1, 0.15) is 0 Å². The number of sulfonamides is 1. The van der Waals surface area contributed by atoms with Crippen LogP contribution in [0.4, 0.5) is 0 Å². The lowest BCUT2D eigenvalue weighted by atomic mass is 9.97. The van der Waals surface area contributed by atoms with Crippen LogP contribution in [0.15, 0.2) is 59.5 Å². The van der Waals surface area contributed by atoms with Crippen LogP contribution in [0.1, 0.15) is 13.3 Å². The molecule has 0 aromatic heterocycles. The maximum Gasteiger partial charge on any atom is 0.240 e. The van der Waals surface area contributed by atoms with Gasteiger partial charge in [-0.3, -0.25) is 0 Å². The quantitative estimate of drug-likeness (QED) is 0.874. The molecule has 1 saturated heterocycles. The summed E-state index contributed by atoms with van der Waals surface area (Å²) in [6.45, 7) is 3.77. The molecule has 0 saturated carbocycles. The fourth-order valence-corrected chi connectivity index (χ4v) is 4.29. The highest BCUT2D eigenvalue weighted by Gasteiger charge is 2.26. The van der Waals surface area contributed by atoms with E-state index >= 15 is 0 Å². The lowest BCUT2D eigenvalue weighted by Crippen LogP contribution is -2.48. The Morgan fingerprint density at radius 2 is 1.62 bits per heavy atom. The Kier molecular flexibility index (Phi) is 6.40. The summed E-state index contributed by atoms with van der Waals surface area (Å²) in [6.07, 6.45) is 0.822. The van der Waals surface area contributed by atoms with Crippen molar-refractivity contribution in [3.63, 3.8) is 0 Å². The summed E-state index contributed by atoms with van der Waals surface area (Å²) >= 11 is 0. The standard InChI is InChI=1S/C18H22N2O2S.ClH/c1-14-13-19-12-11-18(14)20-23(21,22)17-9-7-16(8-10-17)15-5-3-2-4-6-15;/h2-10,14,18-20H,11-13H2,1H3;1H. The molecule has 3 rings (SSSR count). The average Bonchev–Trinajstić information content (AvgIpc) is 2.58. The second-order valence-corrected chi connectivity index (χ2v) is 7.80. The molecule has 0 amide bonds. The zero-order valence-electron chi connectivity index (χ0n) is 13.6. The highest BCUT2D eigenvalue weighted by molar-refractivity contribution is 7.89. The van der Waals surface area contributed by atoms with E-state index in [1.54, 1.807) is 12.1 Å². The fraction of sp³-hybridized carbons (Fsp3) is 0.333. The van der Waals surface area contributed by atoms with Gasteiger partial charge in [-0.2, -0.15) is 0 Å². The number of hydrogen-bond acceptors (Lipinski definition) is 3. The highest BCUT2D eigenvalue weighted by atomic mass is 35.5. The van der Waals surface area contributed by atoms with E-state index in [0.717, 1.165) is 30.6 Å². The predicted octanol–water partition coefficient (Wildman–Crippen LogP) is 3.05. The Bertz CT molecular complexity index is 748. The molecule has 24 heavy (non-hydrogen) atoms. The normalized spacial score (nSPS) is 21.0. The summed E-state index contributed by atoms with van der Waals surface area (Å²) in [7, 11) is -3.47. The van der Waals surface area contributed by atoms with E-state index in [2.05, 4.69) is 17.0 Å². The van der Waals surface area contributed by atoms with Gasteiger partial charge in [0.2, 0.25) is 10.0 Å². The van der Waals surface area contributed by atoms with E-state index in [9.17, 15) is 8.42 Å². The number of piperidine rings is 1. The first-order valence-corrected chi connectivity index (χ1v) is 9.43. The molecule has 2 N–H and O–H groups in total. The molecule has 6 heteroatoms. The van der Waals surface area contributed by atoms with Gasteiger partial charge in [0.25, 0.3) is 0 Å². The third kappa shape index (κ3) is 4.36. The van der Waals surface area contributed by atoms with E-state index in [1.165, 1.54) is 0 Å². The second-order valence-electron chi connectivity index (χ2n) is 6.09. The Morgan fingerprint density at radius 3 is 2.25 bits per heavy atom. The second kappa shape index (κ2) is 8.12. The van der Waals surface area contributed by atoms with Crippen LogP contribution in [0.3, 0.4) is 0 Å². The van der Waals surface area contributed by atoms with Crippen LogP contribution in [0.5, 0.6) is 0 Å². The molecule has 2 aromatic carbocycles. The topological polar surface area (TPSA) is 58.2 Å². The zero-order valence-corrected chi connectivity index (χ0v) is 15.2. The first kappa shape index (κ1) is 18.9. The number of benzene rings is 2. The van der Waals surface area contributed by atoms with Gasteiger partial charge in [0.15, 0.2) is 0 Å². The molecule has 0 aliphatic carbocycles. The summed E-state index contributed by atoms with van der Waals surface area (Å²) in [6, 6.07) is 17.0. The molecule has 4 nitrogen and oxygen atoms in total. The van der Waals surface area contributed by atoms with Crippen molar-refractivity contribution in [2.75, 3.05) is 13.1 Å². The van der Waals surface area contributed by atoms with Crippen LogP contribution in [0, 0.1) is 5.92 Å². The molecule has 1 fully saturated rings. The van der Waals surface area contributed by atoms with E-state index in [0.29, 0.717) is 10.8 Å². The number of hydrogen-bond donors (Lipinski definition) is 2. The Morgan fingerprint density at radius 1 is 1.00 bits per heavy atom. The van der Waals surface area contributed by atoms with Crippen molar-refractivity contribution in [2.24, 2.45) is 5.92 Å².